The van der Waals surface area contributed by atoms with Crippen molar-refractivity contribution in [2.75, 3.05) is 26.3 Å². The van der Waals surface area contributed by atoms with Crippen LogP contribution in [-0.2, 0) is 9.53 Å². The number of hydrogen-bond donors (Lipinski definition) is 2. The van der Waals surface area contributed by atoms with Gasteiger partial charge in [-0.3, -0.25) is 9.89 Å². The quantitative estimate of drug-likeness (QED) is 0.870. The number of piperidine rings is 1. The van der Waals surface area contributed by atoms with Gasteiger partial charge in [-0.25, -0.2) is 4.98 Å². The Bertz CT molecular complexity index is 518. The van der Waals surface area contributed by atoms with E-state index in [2.05, 4.69) is 25.4 Å². The summed E-state index contributed by atoms with van der Waals surface area (Å²) in [6.45, 7) is 7.56. The summed E-state index contributed by atoms with van der Waals surface area (Å²) in [5.74, 6) is 1.65. The number of aromatic nitrogens is 3. The fourth-order valence-electron chi connectivity index (χ4n) is 3.53. The van der Waals surface area contributed by atoms with Gasteiger partial charge in [-0.05, 0) is 52.6 Å². The van der Waals surface area contributed by atoms with Crippen molar-refractivity contribution < 1.29 is 9.53 Å². The van der Waals surface area contributed by atoms with E-state index in [1.54, 1.807) is 0 Å². The molecule has 128 valence electrons. The molecule has 3 rings (SSSR count). The predicted octanol–water partition coefficient (Wildman–Crippen LogP) is 1.18. The van der Waals surface area contributed by atoms with E-state index in [9.17, 15) is 4.79 Å². The summed E-state index contributed by atoms with van der Waals surface area (Å²) in [6, 6.07) is 0.490. The van der Waals surface area contributed by atoms with Crippen molar-refractivity contribution in [3.63, 3.8) is 0 Å². The van der Waals surface area contributed by atoms with Crippen LogP contribution in [0, 0.1) is 12.8 Å². The second kappa shape index (κ2) is 7.40. The molecule has 7 heteroatoms. The number of carbonyl (C=O) groups excluding carboxylic acids is 1. The number of aromatic amines is 1. The highest BCUT2D eigenvalue weighted by molar-refractivity contribution is 5.79. The van der Waals surface area contributed by atoms with Gasteiger partial charge in [0.2, 0.25) is 5.91 Å². The second-order valence-corrected chi connectivity index (χ2v) is 6.66. The average Bonchev–Trinajstić information content (AvgIpc) is 3.02. The third-order valence-corrected chi connectivity index (χ3v) is 4.97. The van der Waals surface area contributed by atoms with Crippen LogP contribution < -0.4 is 5.32 Å². The molecule has 1 aromatic rings. The minimum absolute atomic E-state index is 0.105. The summed E-state index contributed by atoms with van der Waals surface area (Å²) in [5.41, 5.74) is 0. The SMILES string of the molecule is Cc1nc([C@@H](C)NC(=O)C2CCN(C3CCOCC3)CC2)n[nH]1. The molecule has 0 aliphatic carbocycles. The van der Waals surface area contributed by atoms with Crippen molar-refractivity contribution in [1.29, 1.82) is 0 Å². The van der Waals surface area contributed by atoms with E-state index in [4.69, 9.17) is 4.74 Å². The number of carbonyl (C=O) groups is 1. The Balaban J connectivity index is 1.46. The molecule has 1 amide bonds. The van der Waals surface area contributed by atoms with E-state index < -0.39 is 0 Å². The molecule has 0 radical (unpaired) electrons. The van der Waals surface area contributed by atoms with Crippen LogP contribution in [0.2, 0.25) is 0 Å². The zero-order chi connectivity index (χ0) is 16.2. The van der Waals surface area contributed by atoms with E-state index >= 15 is 0 Å². The molecule has 7 nitrogen and oxygen atoms in total. The molecule has 1 aromatic heterocycles. The maximum atomic E-state index is 12.5. The van der Waals surface area contributed by atoms with Crippen LogP contribution in [0.15, 0.2) is 0 Å². The van der Waals surface area contributed by atoms with Crippen LogP contribution in [0.3, 0.4) is 0 Å². The molecule has 2 fully saturated rings. The van der Waals surface area contributed by atoms with Gasteiger partial charge in [0, 0.05) is 25.2 Å². The molecule has 2 saturated heterocycles. The van der Waals surface area contributed by atoms with Crippen molar-refractivity contribution in [3.8, 4) is 0 Å². The lowest BCUT2D eigenvalue weighted by Gasteiger charge is -2.38. The Morgan fingerprint density at radius 3 is 2.61 bits per heavy atom. The maximum Gasteiger partial charge on any atom is 0.223 e. The van der Waals surface area contributed by atoms with Gasteiger partial charge in [0.1, 0.15) is 5.82 Å². The van der Waals surface area contributed by atoms with E-state index in [-0.39, 0.29) is 17.9 Å². The predicted molar refractivity (Wildman–Crippen MR) is 85.8 cm³/mol. The van der Waals surface area contributed by atoms with Crippen LogP contribution >= 0.6 is 0 Å². The van der Waals surface area contributed by atoms with Gasteiger partial charge in [-0.2, -0.15) is 5.10 Å². The van der Waals surface area contributed by atoms with Gasteiger partial charge >= 0.3 is 0 Å². The number of rotatable bonds is 4. The average molecular weight is 321 g/mol. The van der Waals surface area contributed by atoms with Crippen molar-refractivity contribution in [1.82, 2.24) is 25.4 Å². The number of nitrogens with zero attached hydrogens (tertiary/aromatic N) is 3. The minimum atomic E-state index is -0.152. The second-order valence-electron chi connectivity index (χ2n) is 6.66. The standard InChI is InChI=1S/C16H27N5O2/c1-11(15-18-12(2)19-20-15)17-16(22)13-3-7-21(8-4-13)14-5-9-23-10-6-14/h11,13-14H,3-10H2,1-2H3,(H,17,22)(H,18,19,20)/t11-/m1/s1. The first-order valence-corrected chi connectivity index (χ1v) is 8.64. The van der Waals surface area contributed by atoms with Crippen LogP contribution in [-0.4, -0.2) is 58.3 Å². The molecule has 3 heterocycles. The first-order chi connectivity index (χ1) is 11.1. The molecule has 0 aromatic carbocycles. The fourth-order valence-corrected chi connectivity index (χ4v) is 3.53. The van der Waals surface area contributed by atoms with Crippen LogP contribution in [0.4, 0.5) is 0 Å². The lowest BCUT2D eigenvalue weighted by molar-refractivity contribution is -0.127. The Morgan fingerprint density at radius 2 is 2.00 bits per heavy atom. The molecule has 23 heavy (non-hydrogen) atoms. The van der Waals surface area contributed by atoms with Gasteiger partial charge < -0.3 is 15.0 Å². The summed E-state index contributed by atoms with van der Waals surface area (Å²) >= 11 is 0. The van der Waals surface area contributed by atoms with Crippen molar-refractivity contribution >= 4 is 5.91 Å². The van der Waals surface area contributed by atoms with Gasteiger partial charge in [0.15, 0.2) is 5.82 Å². The molecule has 0 saturated carbocycles. The van der Waals surface area contributed by atoms with Crippen molar-refractivity contribution in [3.05, 3.63) is 11.6 Å². The Labute approximate surface area is 137 Å². The first-order valence-electron chi connectivity index (χ1n) is 8.64. The molecule has 0 unspecified atom stereocenters. The van der Waals surface area contributed by atoms with E-state index in [0.29, 0.717) is 11.9 Å². The zero-order valence-corrected chi connectivity index (χ0v) is 14.0. The number of aryl methyl sites for hydroxylation is 1. The maximum absolute atomic E-state index is 12.5. The summed E-state index contributed by atoms with van der Waals surface area (Å²) in [6.07, 6.45) is 4.11. The molecule has 0 bridgehead atoms. The van der Waals surface area contributed by atoms with Gasteiger partial charge in [-0.1, -0.05) is 0 Å². The van der Waals surface area contributed by atoms with Crippen LogP contribution in [0.25, 0.3) is 0 Å². The highest BCUT2D eigenvalue weighted by Crippen LogP contribution is 2.24. The molecule has 0 spiro atoms. The zero-order valence-electron chi connectivity index (χ0n) is 14.0. The van der Waals surface area contributed by atoms with E-state index in [1.165, 1.54) is 0 Å². The molecule has 2 N–H and O–H groups in total. The van der Waals surface area contributed by atoms with Gasteiger partial charge in [-0.15, -0.1) is 0 Å². The summed E-state index contributed by atoms with van der Waals surface area (Å²) in [4.78, 5) is 19.3. The monoisotopic (exact) mass is 321 g/mol. The molecular weight excluding hydrogens is 294 g/mol. The number of nitrogens with one attached hydrogen (secondary N) is 2. The molecular formula is C16H27N5O2. The van der Waals surface area contributed by atoms with Gasteiger partial charge in [0.05, 0.1) is 6.04 Å². The normalized spacial score (nSPS) is 22.9. The van der Waals surface area contributed by atoms with E-state index in [0.717, 1.165) is 57.8 Å². The number of ether oxygens (including phenoxy) is 1. The van der Waals surface area contributed by atoms with Gasteiger partial charge in [0.25, 0.3) is 0 Å². The Morgan fingerprint density at radius 1 is 1.30 bits per heavy atom. The fraction of sp³-hybridized carbons (Fsp3) is 0.812. The molecule has 2 aliphatic rings. The Hall–Kier alpha value is -1.47. The van der Waals surface area contributed by atoms with Crippen LogP contribution in [0.1, 0.15) is 50.3 Å². The minimum Gasteiger partial charge on any atom is -0.381 e. The largest absolute Gasteiger partial charge is 0.381 e. The lowest BCUT2D eigenvalue weighted by atomic mass is 9.93. The molecule has 1 atom stereocenters. The first kappa shape index (κ1) is 16.4. The summed E-state index contributed by atoms with van der Waals surface area (Å²) in [5, 5.41) is 9.98. The highest BCUT2D eigenvalue weighted by Gasteiger charge is 2.30. The van der Waals surface area contributed by atoms with Crippen molar-refractivity contribution in [2.45, 2.75) is 51.6 Å². The lowest BCUT2D eigenvalue weighted by Crippen LogP contribution is -2.46. The number of H-pyrrole nitrogens is 1. The third kappa shape index (κ3) is 4.09. The smallest absolute Gasteiger partial charge is 0.223 e. The van der Waals surface area contributed by atoms with Crippen molar-refractivity contribution in [2.24, 2.45) is 5.92 Å². The Kier molecular flexibility index (Phi) is 5.27. The topological polar surface area (TPSA) is 83.1 Å². The number of hydrogen-bond acceptors (Lipinski definition) is 5. The number of likely N-dealkylation sites (tertiary alicyclic amines) is 1. The summed E-state index contributed by atoms with van der Waals surface area (Å²) < 4.78 is 5.43. The summed E-state index contributed by atoms with van der Waals surface area (Å²) in [7, 11) is 0. The van der Waals surface area contributed by atoms with Crippen LogP contribution in [0.5, 0.6) is 0 Å². The highest BCUT2D eigenvalue weighted by atomic mass is 16.5. The van der Waals surface area contributed by atoms with E-state index in [1.807, 2.05) is 13.8 Å². The molecule has 2 aliphatic heterocycles. The third-order valence-electron chi connectivity index (χ3n) is 4.97. The number of amides is 1.